The molecule has 3 atom stereocenters. The summed E-state index contributed by atoms with van der Waals surface area (Å²) in [5.41, 5.74) is 3.76. The first-order chi connectivity index (χ1) is 15.6. The number of fused-ring (bicyclic) bond motifs is 2. The van der Waals surface area contributed by atoms with E-state index in [0.29, 0.717) is 11.6 Å². The van der Waals surface area contributed by atoms with E-state index in [4.69, 9.17) is 10.1 Å². The zero-order valence-electron chi connectivity index (χ0n) is 20.1. The standard InChI is InChI=1S/C27H40N4O/c1-19(2)25-17-23(16-20-11-12-21-9-5-6-10-22(21)15-20)28-26-18-24(29-31(25)26)27(32)30-13-7-3-4-8-14-30/h17-22H,3-16H2,1-2H3. The molecule has 5 nitrogen and oxygen atoms in total. The summed E-state index contributed by atoms with van der Waals surface area (Å²) in [7, 11) is 0. The Bertz CT molecular complexity index is 941. The van der Waals surface area contributed by atoms with Crippen LogP contribution in [0.5, 0.6) is 0 Å². The van der Waals surface area contributed by atoms with Gasteiger partial charge in [0, 0.05) is 30.5 Å². The highest BCUT2D eigenvalue weighted by Crippen LogP contribution is 2.43. The summed E-state index contributed by atoms with van der Waals surface area (Å²) in [5.74, 6) is 3.11. The molecule has 2 saturated carbocycles. The fourth-order valence-electron chi connectivity index (χ4n) is 6.56. The van der Waals surface area contributed by atoms with Crippen LogP contribution in [0.15, 0.2) is 12.1 Å². The summed E-state index contributed by atoms with van der Waals surface area (Å²) in [5, 5.41) is 4.74. The largest absolute Gasteiger partial charge is 0.337 e. The molecule has 2 aromatic heterocycles. The van der Waals surface area contributed by atoms with Crippen LogP contribution >= 0.6 is 0 Å². The van der Waals surface area contributed by atoms with Gasteiger partial charge in [0.25, 0.3) is 5.91 Å². The van der Waals surface area contributed by atoms with E-state index in [-0.39, 0.29) is 5.91 Å². The van der Waals surface area contributed by atoms with Gasteiger partial charge < -0.3 is 4.90 Å². The molecule has 32 heavy (non-hydrogen) atoms. The second-order valence-corrected chi connectivity index (χ2v) is 11.0. The van der Waals surface area contributed by atoms with Gasteiger partial charge in [0.05, 0.1) is 0 Å². The van der Waals surface area contributed by atoms with Crippen LogP contribution in [0.25, 0.3) is 5.65 Å². The number of likely N-dealkylation sites (tertiary alicyclic amines) is 1. The molecule has 5 rings (SSSR count). The van der Waals surface area contributed by atoms with Crippen molar-refractivity contribution in [1.82, 2.24) is 19.5 Å². The number of hydrogen-bond acceptors (Lipinski definition) is 3. The zero-order chi connectivity index (χ0) is 22.1. The maximum atomic E-state index is 13.2. The third-order valence-corrected chi connectivity index (χ3v) is 8.36. The van der Waals surface area contributed by atoms with Crippen LogP contribution in [-0.2, 0) is 6.42 Å². The third kappa shape index (κ3) is 4.58. The summed E-state index contributed by atoms with van der Waals surface area (Å²) in [6, 6.07) is 4.19. The number of carbonyl (C=O) groups is 1. The number of carbonyl (C=O) groups excluding carboxylic acids is 1. The van der Waals surface area contributed by atoms with E-state index >= 15 is 0 Å². The molecule has 0 N–H and O–H groups in total. The quantitative estimate of drug-likeness (QED) is 0.589. The van der Waals surface area contributed by atoms with Crippen LogP contribution in [-0.4, -0.2) is 38.5 Å². The van der Waals surface area contributed by atoms with Gasteiger partial charge in [-0.2, -0.15) is 5.10 Å². The van der Waals surface area contributed by atoms with Crippen LogP contribution in [0.2, 0.25) is 0 Å². The van der Waals surface area contributed by atoms with Crippen LogP contribution in [0.1, 0.15) is 112 Å². The van der Waals surface area contributed by atoms with E-state index in [1.807, 2.05) is 15.5 Å². The van der Waals surface area contributed by atoms with Crippen LogP contribution in [0.4, 0.5) is 0 Å². The number of aromatic nitrogens is 3. The summed E-state index contributed by atoms with van der Waals surface area (Å²) < 4.78 is 1.93. The predicted molar refractivity (Wildman–Crippen MR) is 128 cm³/mol. The SMILES string of the molecule is CC(C)c1cc(CC2CCC3CCCCC3C2)nc2cc(C(=O)N3CCCCCC3)nn12. The van der Waals surface area contributed by atoms with Gasteiger partial charge in [0.2, 0.25) is 0 Å². The molecule has 3 fully saturated rings. The molecule has 1 aliphatic heterocycles. The monoisotopic (exact) mass is 436 g/mol. The van der Waals surface area contributed by atoms with E-state index in [9.17, 15) is 4.79 Å². The van der Waals surface area contributed by atoms with Crippen molar-refractivity contribution in [2.45, 2.75) is 96.8 Å². The maximum Gasteiger partial charge on any atom is 0.274 e. The minimum Gasteiger partial charge on any atom is -0.337 e. The molecule has 174 valence electrons. The third-order valence-electron chi connectivity index (χ3n) is 8.36. The fraction of sp³-hybridized carbons (Fsp3) is 0.741. The Kier molecular flexibility index (Phi) is 6.52. The van der Waals surface area contributed by atoms with Crippen molar-refractivity contribution >= 4 is 11.6 Å². The number of hydrogen-bond donors (Lipinski definition) is 0. The summed E-state index contributed by atoms with van der Waals surface area (Å²) in [6.07, 6.45) is 15.6. The van der Waals surface area contributed by atoms with Gasteiger partial charge in [0.1, 0.15) is 0 Å². The molecule has 3 heterocycles. The first-order valence-electron chi connectivity index (χ1n) is 13.3. The summed E-state index contributed by atoms with van der Waals surface area (Å²) >= 11 is 0. The molecule has 0 bridgehead atoms. The number of amides is 1. The van der Waals surface area contributed by atoms with Gasteiger partial charge in [-0.3, -0.25) is 4.79 Å². The van der Waals surface area contributed by atoms with Crippen LogP contribution in [0.3, 0.4) is 0 Å². The Morgan fingerprint density at radius 3 is 2.47 bits per heavy atom. The van der Waals surface area contributed by atoms with Crippen molar-refractivity contribution in [2.24, 2.45) is 17.8 Å². The Morgan fingerprint density at radius 2 is 1.72 bits per heavy atom. The molecule has 1 amide bonds. The molecule has 5 heteroatoms. The molecule has 2 aromatic rings. The van der Waals surface area contributed by atoms with Crippen molar-refractivity contribution in [1.29, 1.82) is 0 Å². The topological polar surface area (TPSA) is 50.5 Å². The van der Waals surface area contributed by atoms with Gasteiger partial charge in [-0.15, -0.1) is 0 Å². The Labute approximate surface area is 193 Å². The van der Waals surface area contributed by atoms with Gasteiger partial charge in [0.15, 0.2) is 11.3 Å². The van der Waals surface area contributed by atoms with E-state index in [1.54, 1.807) is 0 Å². The van der Waals surface area contributed by atoms with Crippen LogP contribution < -0.4 is 0 Å². The summed E-state index contributed by atoms with van der Waals surface area (Å²) in [4.78, 5) is 20.2. The van der Waals surface area contributed by atoms with Crippen molar-refractivity contribution in [3.05, 3.63) is 29.2 Å². The van der Waals surface area contributed by atoms with Crippen molar-refractivity contribution in [2.75, 3.05) is 13.1 Å². The second kappa shape index (κ2) is 9.52. The molecule has 3 unspecified atom stereocenters. The Balaban J connectivity index is 1.37. The number of rotatable bonds is 4. The first kappa shape index (κ1) is 21.9. The highest BCUT2D eigenvalue weighted by Gasteiger charge is 2.32. The van der Waals surface area contributed by atoms with E-state index < -0.39 is 0 Å². The lowest BCUT2D eigenvalue weighted by Gasteiger charge is -2.39. The molecule has 3 aliphatic rings. The lowest BCUT2D eigenvalue weighted by molar-refractivity contribution is 0.0755. The van der Waals surface area contributed by atoms with Gasteiger partial charge in [-0.1, -0.05) is 52.4 Å². The minimum atomic E-state index is 0.0734. The average Bonchev–Trinajstić information content (AvgIpc) is 3.03. The highest BCUT2D eigenvalue weighted by molar-refractivity contribution is 5.93. The van der Waals surface area contributed by atoms with Gasteiger partial charge in [-0.05, 0) is 68.3 Å². The zero-order valence-corrected chi connectivity index (χ0v) is 20.1. The lowest BCUT2D eigenvalue weighted by atomic mass is 9.67. The van der Waals surface area contributed by atoms with Crippen molar-refractivity contribution < 1.29 is 4.79 Å². The highest BCUT2D eigenvalue weighted by atomic mass is 16.2. The van der Waals surface area contributed by atoms with E-state index in [2.05, 4.69) is 19.9 Å². The van der Waals surface area contributed by atoms with E-state index in [0.717, 1.165) is 55.8 Å². The van der Waals surface area contributed by atoms with Gasteiger partial charge >= 0.3 is 0 Å². The molecule has 0 spiro atoms. The molecule has 0 radical (unpaired) electrons. The normalized spacial score (nSPS) is 26.8. The molecule has 0 aromatic carbocycles. The Morgan fingerprint density at radius 1 is 0.969 bits per heavy atom. The maximum absolute atomic E-state index is 13.2. The Hall–Kier alpha value is -1.91. The molecule has 2 aliphatic carbocycles. The van der Waals surface area contributed by atoms with Crippen LogP contribution in [0, 0.1) is 17.8 Å². The minimum absolute atomic E-state index is 0.0734. The average molecular weight is 437 g/mol. The molecule has 1 saturated heterocycles. The molecular formula is C27H40N4O. The fourth-order valence-corrected chi connectivity index (χ4v) is 6.56. The smallest absolute Gasteiger partial charge is 0.274 e. The molecular weight excluding hydrogens is 396 g/mol. The lowest BCUT2D eigenvalue weighted by Crippen LogP contribution is -2.32. The second-order valence-electron chi connectivity index (χ2n) is 11.0. The van der Waals surface area contributed by atoms with Gasteiger partial charge in [-0.25, -0.2) is 9.50 Å². The number of nitrogens with zero attached hydrogens (tertiary/aromatic N) is 4. The first-order valence-corrected chi connectivity index (χ1v) is 13.3. The van der Waals surface area contributed by atoms with Crippen molar-refractivity contribution in [3.63, 3.8) is 0 Å². The summed E-state index contributed by atoms with van der Waals surface area (Å²) in [6.45, 7) is 6.13. The van der Waals surface area contributed by atoms with E-state index in [1.165, 1.54) is 69.2 Å². The van der Waals surface area contributed by atoms with Crippen molar-refractivity contribution in [3.8, 4) is 0 Å². The predicted octanol–water partition coefficient (Wildman–Crippen LogP) is 6.02.